The van der Waals surface area contributed by atoms with Crippen LogP contribution in [0.4, 0.5) is 0 Å². The number of rotatable bonds is 9. The molecule has 3 rings (SSSR count). The van der Waals surface area contributed by atoms with Gasteiger partial charge < -0.3 is 47.8 Å². The molecule has 3 aromatic rings. The van der Waals surface area contributed by atoms with E-state index in [4.69, 9.17) is 47.8 Å². The van der Waals surface area contributed by atoms with Crippen LogP contribution in [0.15, 0.2) is 72.8 Å². The van der Waals surface area contributed by atoms with Gasteiger partial charge >= 0.3 is 17.1 Å². The number of phenolic OH excluding ortho intramolecular Hbond substituents is 3. The summed E-state index contributed by atoms with van der Waals surface area (Å²) >= 11 is 0. The van der Waals surface area contributed by atoms with Crippen molar-refractivity contribution in [3.63, 3.8) is 0 Å². The number of carboxylic acids is 3. The molecule has 0 bridgehead atoms. The summed E-state index contributed by atoms with van der Waals surface area (Å²) in [5.74, 6) is -2.98. The van der Waals surface area contributed by atoms with Crippen LogP contribution >= 0.6 is 0 Å². The number of hydrogen-bond acceptors (Lipinski definition) is 6. The van der Waals surface area contributed by atoms with Crippen molar-refractivity contribution in [1.82, 2.24) is 0 Å². The molecule has 9 N–H and O–H groups in total. The van der Waals surface area contributed by atoms with Crippen molar-refractivity contribution in [3.05, 3.63) is 107 Å². The van der Waals surface area contributed by atoms with Crippen LogP contribution in [-0.4, -0.2) is 66.7 Å². The normalized spacial score (nSPS) is 12.1. The monoisotopic (exact) mass is 596 g/mol. The van der Waals surface area contributed by atoms with E-state index in [1.54, 1.807) is 36.4 Å². The Kier molecular flexibility index (Phi) is 16.3. The van der Waals surface area contributed by atoms with E-state index in [9.17, 15) is 14.4 Å². The Morgan fingerprint density at radius 3 is 0.800 bits per heavy atom. The van der Waals surface area contributed by atoms with E-state index in [0.29, 0.717) is 0 Å². The zero-order valence-corrected chi connectivity index (χ0v) is 22.1. The third kappa shape index (κ3) is 14.7. The van der Waals surface area contributed by atoms with Gasteiger partial charge in [-0.25, -0.2) is 0 Å². The smallest absolute Gasteiger partial charge is 0.665 e. The quantitative estimate of drug-likeness (QED) is 0.192. The SMILES string of the molecule is [Fe+3].[NH-][C@@H](Cc1ccc(O)cc1)C(=O)O.[NH-][C@@H](Cc1ccc(O)cc1)C(=O)O.[NH-][C@@H](Cc1ccc(O)cc1)C(=O)O. The molecule has 3 atom stereocenters. The summed E-state index contributed by atoms with van der Waals surface area (Å²) in [6.45, 7) is 0. The van der Waals surface area contributed by atoms with Crippen LogP contribution in [0.1, 0.15) is 16.7 Å². The predicted molar refractivity (Wildman–Crippen MR) is 143 cm³/mol. The summed E-state index contributed by atoms with van der Waals surface area (Å²) in [5.41, 5.74) is 23.7. The first-order chi connectivity index (χ1) is 18.3. The van der Waals surface area contributed by atoms with Gasteiger partial charge in [-0.05, 0) is 90.5 Å². The first kappa shape index (κ1) is 35.9. The summed E-state index contributed by atoms with van der Waals surface area (Å²) in [5, 5.41) is 52.2. The van der Waals surface area contributed by atoms with Gasteiger partial charge in [-0.1, -0.05) is 36.4 Å². The van der Waals surface area contributed by atoms with Crippen LogP contribution < -0.4 is 0 Å². The van der Waals surface area contributed by atoms with Crippen molar-refractivity contribution in [1.29, 1.82) is 0 Å². The molecule has 0 aliphatic rings. The van der Waals surface area contributed by atoms with Crippen molar-refractivity contribution in [3.8, 4) is 17.2 Å². The molecule has 0 unspecified atom stereocenters. The van der Waals surface area contributed by atoms with Gasteiger partial charge in [0.15, 0.2) is 0 Å². The fourth-order valence-corrected chi connectivity index (χ4v) is 2.87. The summed E-state index contributed by atoms with van der Waals surface area (Å²) in [7, 11) is 0. The number of carboxylic acid groups (broad SMARTS) is 3. The second-order valence-corrected chi connectivity index (χ2v) is 8.28. The van der Waals surface area contributed by atoms with Gasteiger partial charge in [-0.3, -0.25) is 14.4 Å². The van der Waals surface area contributed by atoms with Gasteiger partial charge in [0.1, 0.15) is 17.2 Å². The van der Waals surface area contributed by atoms with Gasteiger partial charge in [-0.2, -0.15) is 0 Å². The van der Waals surface area contributed by atoms with E-state index >= 15 is 0 Å². The summed E-state index contributed by atoms with van der Waals surface area (Å²) < 4.78 is 0. The molecule has 3 aromatic carbocycles. The minimum atomic E-state index is -1.13. The molecular formula is C27H30FeN3O9. The number of aliphatic carboxylic acids is 3. The van der Waals surface area contributed by atoms with Crippen molar-refractivity contribution in [2.24, 2.45) is 0 Å². The Bertz CT molecular complexity index is 1040. The topological polar surface area (TPSA) is 244 Å². The Morgan fingerprint density at radius 2 is 0.650 bits per heavy atom. The molecular weight excluding hydrogens is 566 g/mol. The molecule has 0 spiro atoms. The molecule has 0 aromatic heterocycles. The molecule has 0 aliphatic heterocycles. The van der Waals surface area contributed by atoms with Crippen molar-refractivity contribution in [2.45, 2.75) is 37.4 Å². The van der Waals surface area contributed by atoms with Crippen molar-refractivity contribution < 1.29 is 62.1 Å². The molecule has 0 saturated heterocycles. The van der Waals surface area contributed by atoms with Crippen LogP contribution in [-0.2, 0) is 50.7 Å². The molecule has 1 radical (unpaired) electrons. The third-order valence-electron chi connectivity index (χ3n) is 5.02. The molecule has 40 heavy (non-hydrogen) atoms. The van der Waals surface area contributed by atoms with Gasteiger partial charge in [0.2, 0.25) is 0 Å². The zero-order valence-electron chi connectivity index (χ0n) is 21.0. The standard InChI is InChI=1S/3C9H10NO3.Fe/c3*10-8(9(12)13)5-6-1-3-7(11)4-2-6;/h3*1-4,8,10-11H,5H2,(H,12,13);/q3*-1;+3/t3*8-;/m000./s1. The van der Waals surface area contributed by atoms with Crippen LogP contribution in [0.5, 0.6) is 17.2 Å². The Labute approximate surface area is 241 Å². The van der Waals surface area contributed by atoms with Crippen LogP contribution in [0.25, 0.3) is 17.2 Å². The van der Waals surface area contributed by atoms with Crippen LogP contribution in [0.2, 0.25) is 0 Å². The van der Waals surface area contributed by atoms with E-state index in [1.807, 2.05) is 0 Å². The van der Waals surface area contributed by atoms with Gasteiger partial charge in [0, 0.05) is 0 Å². The summed E-state index contributed by atoms with van der Waals surface area (Å²) in [6, 6.07) is 15.1. The third-order valence-corrected chi connectivity index (χ3v) is 5.02. The molecule has 0 aliphatic carbocycles. The molecule has 12 nitrogen and oxygen atoms in total. The van der Waals surface area contributed by atoms with E-state index < -0.39 is 36.0 Å². The van der Waals surface area contributed by atoms with E-state index in [-0.39, 0.29) is 53.6 Å². The molecule has 0 amide bonds. The zero-order chi connectivity index (χ0) is 29.5. The maximum Gasteiger partial charge on any atom is 3.00 e. The maximum absolute atomic E-state index is 10.3. The number of phenols is 3. The molecule has 0 saturated carbocycles. The first-order valence-corrected chi connectivity index (χ1v) is 11.4. The minimum absolute atomic E-state index is 0. The van der Waals surface area contributed by atoms with E-state index in [1.165, 1.54) is 36.4 Å². The fourth-order valence-electron chi connectivity index (χ4n) is 2.87. The molecule has 0 heterocycles. The van der Waals surface area contributed by atoms with E-state index in [0.717, 1.165) is 16.7 Å². The average molecular weight is 596 g/mol. The molecule has 13 heteroatoms. The number of hydrogen-bond donors (Lipinski definition) is 6. The number of benzene rings is 3. The van der Waals surface area contributed by atoms with Crippen molar-refractivity contribution in [2.75, 3.05) is 0 Å². The number of nitrogens with one attached hydrogen (secondary N) is 3. The van der Waals surface area contributed by atoms with Gasteiger partial charge in [0.05, 0.1) is 0 Å². The fraction of sp³-hybridized carbons (Fsp3) is 0.222. The Balaban J connectivity index is 0.000000563. The van der Waals surface area contributed by atoms with Crippen LogP contribution in [0, 0.1) is 0 Å². The number of aromatic hydroxyl groups is 3. The van der Waals surface area contributed by atoms with E-state index in [2.05, 4.69) is 0 Å². The Morgan fingerprint density at radius 1 is 0.475 bits per heavy atom. The Hall–Kier alpha value is -4.13. The molecule has 215 valence electrons. The summed E-state index contributed by atoms with van der Waals surface area (Å²) in [6.07, 6.45) is 0.487. The number of carbonyl (C=O) groups is 3. The van der Waals surface area contributed by atoms with Crippen molar-refractivity contribution >= 4 is 17.9 Å². The first-order valence-electron chi connectivity index (χ1n) is 11.4. The van der Waals surface area contributed by atoms with Gasteiger partial charge in [-0.15, -0.1) is 0 Å². The second kappa shape index (κ2) is 18.2. The second-order valence-electron chi connectivity index (χ2n) is 8.28. The summed E-state index contributed by atoms with van der Waals surface area (Å²) in [4.78, 5) is 31.0. The van der Waals surface area contributed by atoms with Gasteiger partial charge in [0.25, 0.3) is 17.9 Å². The maximum atomic E-state index is 10.3. The van der Waals surface area contributed by atoms with Crippen LogP contribution in [0.3, 0.4) is 0 Å². The average Bonchev–Trinajstić information content (AvgIpc) is 2.88. The molecule has 0 fully saturated rings. The largest absolute Gasteiger partial charge is 3.00 e. The predicted octanol–water partition coefficient (Wildman–Crippen LogP) is 4.32. The minimum Gasteiger partial charge on any atom is -0.665 e.